The van der Waals surface area contributed by atoms with Gasteiger partial charge in [-0.05, 0) is 140 Å². The first kappa shape index (κ1) is 52.3. The number of benzene rings is 1. The molecule has 0 aliphatic heterocycles. The van der Waals surface area contributed by atoms with Gasteiger partial charge in [0, 0.05) is 93.0 Å². The number of hydrogen-bond donors (Lipinski definition) is 9. The van der Waals surface area contributed by atoms with Crippen molar-refractivity contribution in [2.24, 2.45) is 95.8 Å². The van der Waals surface area contributed by atoms with Gasteiger partial charge in [0.15, 0.2) is 17.5 Å². The van der Waals surface area contributed by atoms with Crippen LogP contribution in [0.25, 0.3) is 6.08 Å². The Kier molecular flexibility index (Phi) is 9.67. The van der Waals surface area contributed by atoms with E-state index in [2.05, 4.69) is 66.7 Å². The summed E-state index contributed by atoms with van der Waals surface area (Å²) in [7, 11) is 0. The van der Waals surface area contributed by atoms with Crippen LogP contribution in [0.4, 0.5) is 0 Å². The Morgan fingerprint density at radius 2 is 1.64 bits per heavy atom. The molecule has 6 saturated carbocycles. The molecule has 0 saturated heterocycles. The second kappa shape index (κ2) is 15.5. The van der Waals surface area contributed by atoms with E-state index in [0.717, 1.165) is 35.1 Å². The number of fused-ring (bicyclic) bond motifs is 3. The number of hydrogen-bond acceptors (Lipinski definition) is 10. The van der Waals surface area contributed by atoms with Gasteiger partial charge >= 0.3 is 5.97 Å². The summed E-state index contributed by atoms with van der Waals surface area (Å²) in [5, 5.41) is 101. The number of carboxylic acid groups (broad SMARTS) is 1. The van der Waals surface area contributed by atoms with E-state index in [1.807, 2.05) is 31.2 Å². The minimum Gasteiger partial charge on any atom is -0.478 e. The Hall–Kier alpha value is -6.08. The van der Waals surface area contributed by atoms with E-state index in [1.54, 1.807) is 6.08 Å². The third-order valence-corrected chi connectivity index (χ3v) is 27.5. The maximum absolute atomic E-state index is 18.4. The predicted octanol–water partition coefficient (Wildman–Crippen LogP) is 6.17. The maximum atomic E-state index is 18.4. The topological polar surface area (TPSA) is 257 Å². The van der Waals surface area contributed by atoms with Gasteiger partial charge < -0.3 is 47.2 Å². The molecule has 4 spiro atoms. The van der Waals surface area contributed by atoms with Crippen LogP contribution in [0.3, 0.4) is 0 Å². The average molecular weight is 1130 g/mol. The van der Waals surface area contributed by atoms with E-state index in [9.17, 15) is 20.1 Å². The van der Waals surface area contributed by atoms with Gasteiger partial charge in [0.05, 0.1) is 18.6 Å². The summed E-state index contributed by atoms with van der Waals surface area (Å²) in [6.45, 7) is 5.07. The number of aliphatic imine (C=N–C) groups is 1. The van der Waals surface area contributed by atoms with Crippen LogP contribution in [0.5, 0.6) is 0 Å². The monoisotopic (exact) mass is 1130 g/mol. The van der Waals surface area contributed by atoms with Gasteiger partial charge in [0.1, 0.15) is 27.9 Å². The second-order valence-corrected chi connectivity index (χ2v) is 29.6. The molecule has 0 amide bonds. The van der Waals surface area contributed by atoms with E-state index in [1.165, 1.54) is 6.92 Å². The molecule has 19 rings (SSSR count). The summed E-state index contributed by atoms with van der Waals surface area (Å²) >= 11 is 0. The predicted molar refractivity (Wildman–Crippen MR) is 309 cm³/mol. The Labute approximate surface area is 489 Å². The molecule has 18 aliphatic rings. The van der Waals surface area contributed by atoms with Gasteiger partial charge in [-0.2, -0.15) is 0 Å². The molecule has 13 heteroatoms. The van der Waals surface area contributed by atoms with Crippen LogP contribution in [0.2, 0.25) is 0 Å². The van der Waals surface area contributed by atoms with E-state index in [0.29, 0.717) is 48.0 Å². The minimum atomic E-state index is -2.63. The highest BCUT2D eigenvalue weighted by Gasteiger charge is 2.97. The molecule has 13 nitrogen and oxygen atoms in total. The number of nitrogens with two attached hydrogens (primary N) is 2. The number of aliphatic hydroxyl groups excluding tert-OH is 2. The smallest absolute Gasteiger partial charge is 0.331 e. The molecular formula is C71H73N3O10. The summed E-state index contributed by atoms with van der Waals surface area (Å²) < 4.78 is 0. The lowest BCUT2D eigenvalue weighted by Gasteiger charge is -2.77. The zero-order valence-corrected chi connectivity index (χ0v) is 48.0. The van der Waals surface area contributed by atoms with Gasteiger partial charge in [0.2, 0.25) is 0 Å². The number of allylic oxidation sites excluding steroid dienone is 4. The summed E-state index contributed by atoms with van der Waals surface area (Å²) in [4.78, 5) is 53.5. The van der Waals surface area contributed by atoms with Gasteiger partial charge in [-0.3, -0.25) is 9.59 Å². The van der Waals surface area contributed by atoms with Crippen LogP contribution in [0.15, 0.2) is 104 Å². The van der Waals surface area contributed by atoms with Crippen molar-refractivity contribution in [3.8, 4) is 35.5 Å². The third kappa shape index (κ3) is 4.90. The number of carbonyl (C=O) groups excluding carboxylic acids is 2. The normalized spacial score (nSPS) is 50.0. The van der Waals surface area contributed by atoms with E-state index >= 15 is 30.0 Å². The van der Waals surface area contributed by atoms with Gasteiger partial charge in [0.25, 0.3) is 0 Å². The SMILES string of the molecule is C/C(C(=O)O)=C1/CC[C@@]2(N=C(N)N)C=C[C@@]34[C@H]5C6=C7CC=C6[C@]1(O)[C@]2(O)[C@H]3C[C@@H](O)C1(CCCC1)C[C@@H]1C(=O)C2=C3[C@@]68[C@H]9CC#CC[C@]%10(C)C(=O)[C@H](C#C[C@H]9CO)C[C@@]2(C)[C@@H]%10[C@](C2=Cc9ccccc9CC2)(CC#CC[C@@]146)[C@]3(O)C=C(C7)[C@]58O. The zero-order chi connectivity index (χ0) is 58.3. The molecular weight excluding hydrogens is 1050 g/mol. The number of carbonyl (C=O) groups is 3. The number of ketones is 2. The Bertz CT molecular complexity index is 3920. The van der Waals surface area contributed by atoms with Crippen LogP contribution in [-0.4, -0.2) is 99.9 Å². The first-order valence-corrected chi connectivity index (χ1v) is 31.1. The molecule has 432 valence electrons. The molecule has 84 heavy (non-hydrogen) atoms. The molecule has 19 atom stereocenters. The van der Waals surface area contributed by atoms with Crippen molar-refractivity contribution < 1.29 is 50.1 Å². The van der Waals surface area contributed by atoms with Crippen molar-refractivity contribution in [1.29, 1.82) is 0 Å². The number of rotatable bonds is 4. The highest BCUT2D eigenvalue weighted by Crippen LogP contribution is 2.95. The van der Waals surface area contributed by atoms with Crippen LogP contribution in [0, 0.1) is 115 Å². The molecule has 6 fully saturated rings. The third-order valence-electron chi connectivity index (χ3n) is 27.5. The summed E-state index contributed by atoms with van der Waals surface area (Å²) in [6.07, 6.45) is 12.8. The largest absolute Gasteiger partial charge is 0.478 e. The fourth-order valence-corrected chi connectivity index (χ4v) is 25.4. The average Bonchev–Trinajstić information content (AvgIpc) is 1.35. The fraction of sp³-hybridized carbons (Fsp3) is 0.577. The zero-order valence-electron chi connectivity index (χ0n) is 48.0. The Morgan fingerprint density at radius 3 is 2.40 bits per heavy atom. The number of guanidine groups is 1. The molecule has 1 aromatic carbocycles. The molecule has 0 heterocycles. The summed E-state index contributed by atoms with van der Waals surface area (Å²) in [6, 6.07) is 8.29. The molecule has 0 radical (unpaired) electrons. The molecule has 1 aromatic rings. The van der Waals surface area contributed by atoms with Crippen molar-refractivity contribution >= 4 is 29.6 Å². The molecule has 18 aliphatic carbocycles. The number of aliphatic carboxylic acids is 1. The van der Waals surface area contributed by atoms with Gasteiger partial charge in [-0.15, -0.1) is 23.7 Å². The fourth-order valence-electron chi connectivity index (χ4n) is 25.4. The minimum absolute atomic E-state index is 0.0220. The quantitative estimate of drug-likeness (QED) is 0.0540. The summed E-state index contributed by atoms with van der Waals surface area (Å²) in [5.41, 5.74) is -2.79. The standard InChI is InChI=1S/C71H73N3O10/c1-37(57(79)80)45-21-27-63(74-59(72)73)28-29-65-49-32-50(76)62(23-8-9-24-62)35-48-53(77)52-55-67(81)34-44-31-40-18-20-47(70(45,83)71(49,63)84)51(40)54(65)69(44,82)68(55)46-14-6-7-22-60(2)56(78)41(15-16-42(46)36-75)33-61(52,3)58(60)64(67,25-10-11-26-66(48,65)68)43-19-17-38-12-4-5-13-39(38)30-43/h4-5,12-13,20,28-30,34,41-42,46,48-50,54,58,75-76,81-84H,8-9,14,17-19,21-27,31-33,35-36H2,1-3H3,(H,79,80)(H4,72,73,74)/b45-37+/t41-,42+,46+,48-,49+,50-,54-,58-,60-,61-,63-,64-,65+,66-,67+,68+,69+,70+,71+/m1/s1. The molecule has 0 aromatic heterocycles. The molecule has 13 bridgehead atoms. The second-order valence-electron chi connectivity index (χ2n) is 29.6. The van der Waals surface area contributed by atoms with Crippen LogP contribution >= 0.6 is 0 Å². The highest BCUT2D eigenvalue weighted by molar-refractivity contribution is 6.05. The lowest BCUT2D eigenvalue weighted by molar-refractivity contribution is -0.262. The molecule has 11 N–H and O–H groups in total. The molecule has 0 unspecified atom stereocenters. The number of aryl methyl sites for hydroxylation is 1. The summed E-state index contributed by atoms with van der Waals surface area (Å²) in [5.74, 6) is 12.7. The van der Waals surface area contributed by atoms with Crippen molar-refractivity contribution in [2.45, 2.75) is 164 Å². The van der Waals surface area contributed by atoms with Crippen molar-refractivity contribution in [3.63, 3.8) is 0 Å². The van der Waals surface area contributed by atoms with E-state index in [4.69, 9.17) is 16.5 Å². The maximum Gasteiger partial charge on any atom is 0.331 e. The first-order valence-electron chi connectivity index (χ1n) is 31.1. The number of aliphatic hydroxyl groups is 6. The highest BCUT2D eigenvalue weighted by atomic mass is 16.4. The lowest BCUT2D eigenvalue weighted by atomic mass is 9.25. The van der Waals surface area contributed by atoms with Crippen molar-refractivity contribution in [3.05, 3.63) is 110 Å². The number of nitrogens with zero attached hydrogens (tertiary/aromatic N) is 1. The number of Topliss-reactive ketones (excluding diaryl/α,β-unsaturated/α-hetero) is 2. The first-order chi connectivity index (χ1) is 40.0. The Balaban J connectivity index is 1.16. The van der Waals surface area contributed by atoms with Crippen LogP contribution in [0.1, 0.15) is 135 Å². The lowest BCUT2D eigenvalue weighted by Crippen LogP contribution is -2.81. The number of carboxylic acids is 1. The van der Waals surface area contributed by atoms with E-state index < -0.39 is 126 Å². The van der Waals surface area contributed by atoms with E-state index in [-0.39, 0.29) is 105 Å². The van der Waals surface area contributed by atoms with Crippen LogP contribution in [-0.2, 0) is 20.8 Å². The van der Waals surface area contributed by atoms with Crippen molar-refractivity contribution in [2.75, 3.05) is 6.61 Å². The van der Waals surface area contributed by atoms with Crippen molar-refractivity contribution in [1.82, 2.24) is 0 Å². The van der Waals surface area contributed by atoms with Gasteiger partial charge in [-0.25, -0.2) is 9.79 Å². The van der Waals surface area contributed by atoms with Gasteiger partial charge in [-0.1, -0.05) is 98.2 Å². The Morgan fingerprint density at radius 1 is 0.881 bits per heavy atom. The van der Waals surface area contributed by atoms with Crippen LogP contribution < -0.4 is 11.5 Å².